The summed E-state index contributed by atoms with van der Waals surface area (Å²) >= 11 is 5.17. The van der Waals surface area contributed by atoms with Crippen LogP contribution in [0.15, 0.2) is 60.7 Å². The van der Waals surface area contributed by atoms with E-state index in [1.54, 1.807) is 0 Å². The van der Waals surface area contributed by atoms with Crippen LogP contribution in [0.1, 0.15) is 24.5 Å². The molecule has 0 bridgehead atoms. The number of rotatable bonds is 6. The third-order valence-corrected chi connectivity index (χ3v) is 3.01. The molecule has 0 saturated heterocycles. The zero-order chi connectivity index (χ0) is 17.1. The topological polar surface area (TPSA) is 51.2 Å². The number of ketones is 2. The van der Waals surface area contributed by atoms with Crippen molar-refractivity contribution in [1.29, 1.82) is 0 Å². The molecule has 0 heterocycles. The molecule has 0 aromatic heterocycles. The predicted octanol–water partition coefficient (Wildman–Crippen LogP) is 3.83. The van der Waals surface area contributed by atoms with Crippen molar-refractivity contribution in [3.05, 3.63) is 71.8 Å². The van der Waals surface area contributed by atoms with Crippen molar-refractivity contribution < 1.29 is 14.4 Å². The molecule has 0 aliphatic carbocycles. The summed E-state index contributed by atoms with van der Waals surface area (Å²) in [5.41, 5.74) is 1.93. The van der Waals surface area contributed by atoms with Crippen LogP contribution in [0.5, 0.6) is 0 Å². The molecule has 0 saturated carbocycles. The average molecular weight is 365 g/mol. The van der Waals surface area contributed by atoms with Crippen molar-refractivity contribution in [2.45, 2.75) is 26.2 Å². The first-order chi connectivity index (χ1) is 11.0. The van der Waals surface area contributed by atoms with Gasteiger partial charge in [-0.2, -0.15) is 9.90 Å². The van der Waals surface area contributed by atoms with E-state index in [2.05, 4.69) is 0 Å². The quantitative estimate of drug-likeness (QED) is 0.444. The van der Waals surface area contributed by atoms with Gasteiger partial charge in [0, 0.05) is 12.8 Å². The van der Waals surface area contributed by atoms with Gasteiger partial charge in [-0.3, -0.25) is 14.4 Å². The fourth-order valence-electron chi connectivity index (χ4n) is 1.92. The van der Waals surface area contributed by atoms with Crippen LogP contribution in [0.3, 0.4) is 0 Å². The largest absolute Gasteiger partial charge is 0.300 e. The molecule has 2 aromatic carbocycles. The fourth-order valence-corrected chi connectivity index (χ4v) is 2.07. The summed E-state index contributed by atoms with van der Waals surface area (Å²) in [5, 5.41) is -0.314. The highest BCUT2D eigenvalue weighted by Gasteiger charge is 2.05. The molecule has 0 N–H and O–H groups in total. The number of carbonyl (C=O) groups excluding carboxylic acids is 3. The Morgan fingerprint density at radius 1 is 0.792 bits per heavy atom. The van der Waals surface area contributed by atoms with Crippen molar-refractivity contribution in [2.24, 2.45) is 0 Å². The molecule has 0 fully saturated rings. The van der Waals surface area contributed by atoms with Crippen LogP contribution in [0.2, 0.25) is 0 Å². The van der Waals surface area contributed by atoms with Crippen LogP contribution in [0.25, 0.3) is 0 Å². The van der Waals surface area contributed by atoms with Gasteiger partial charge < -0.3 is 0 Å². The number of Topliss-reactive ketones (excluding diaryl/α,β-unsaturated/α-hetero) is 2. The maximum atomic E-state index is 11.2. The fraction of sp³-hybridized carbons (Fsp3) is 0.211. The molecular formula is C19H22ClO3P. The lowest BCUT2D eigenvalue weighted by Crippen LogP contribution is -2.07. The minimum Gasteiger partial charge on any atom is -0.300 e. The first-order valence-corrected chi connectivity index (χ1v) is 7.62. The number of hydrogen-bond acceptors (Lipinski definition) is 3. The van der Waals surface area contributed by atoms with Gasteiger partial charge in [-0.05, 0) is 29.7 Å². The van der Waals surface area contributed by atoms with Gasteiger partial charge in [0.15, 0.2) is 0 Å². The molecule has 3 nitrogen and oxygen atoms in total. The summed E-state index contributed by atoms with van der Waals surface area (Å²) in [6.07, 6.45) is 0.734. The molecule has 2 rings (SSSR count). The van der Waals surface area contributed by atoms with Gasteiger partial charge in [-0.25, -0.2) is 0 Å². The van der Waals surface area contributed by atoms with Gasteiger partial charge in [-0.15, -0.1) is 0 Å². The van der Waals surface area contributed by atoms with E-state index in [1.165, 1.54) is 6.92 Å². The van der Waals surface area contributed by atoms with Crippen LogP contribution < -0.4 is 0 Å². The number of halogens is 1. The minimum absolute atomic E-state index is 0. The SMILES string of the molecule is CC(=O)CC(=O)Cc1ccccc1.O=C(Cl)Cc1ccccc1.P. The molecule has 0 amide bonds. The first kappa shape index (κ1) is 22.2. The number of benzene rings is 2. The van der Waals surface area contributed by atoms with E-state index in [0.29, 0.717) is 12.8 Å². The van der Waals surface area contributed by atoms with Gasteiger partial charge in [0.05, 0.1) is 6.42 Å². The maximum absolute atomic E-state index is 11.2. The third kappa shape index (κ3) is 10.8. The summed E-state index contributed by atoms with van der Waals surface area (Å²) in [6.45, 7) is 1.43. The van der Waals surface area contributed by atoms with Crippen LogP contribution in [0.4, 0.5) is 0 Å². The molecule has 24 heavy (non-hydrogen) atoms. The van der Waals surface area contributed by atoms with E-state index in [9.17, 15) is 14.4 Å². The second-order valence-electron chi connectivity index (χ2n) is 5.10. The van der Waals surface area contributed by atoms with Crippen molar-refractivity contribution in [3.8, 4) is 0 Å². The van der Waals surface area contributed by atoms with Crippen LogP contribution in [0, 0.1) is 0 Å². The molecule has 128 valence electrons. The lowest BCUT2D eigenvalue weighted by molar-refractivity contribution is -0.125. The third-order valence-electron chi connectivity index (χ3n) is 2.88. The number of hydrogen-bond donors (Lipinski definition) is 0. The Morgan fingerprint density at radius 2 is 1.21 bits per heavy atom. The smallest absolute Gasteiger partial charge is 0.226 e. The van der Waals surface area contributed by atoms with Gasteiger partial charge in [0.1, 0.15) is 11.6 Å². The standard InChI is InChI=1S/C11H12O2.C8H7ClO.H3P/c1-9(12)7-11(13)8-10-5-3-2-4-6-10;9-8(10)6-7-4-2-1-3-5-7;/h2-6H,7-8H2,1H3;1-5H,6H2;1H3. The van der Waals surface area contributed by atoms with Crippen molar-refractivity contribution in [2.75, 3.05) is 0 Å². The Kier molecular flexibility index (Phi) is 11.6. The minimum atomic E-state index is -0.314. The van der Waals surface area contributed by atoms with E-state index >= 15 is 0 Å². The molecule has 1 unspecified atom stereocenters. The number of carbonyl (C=O) groups is 3. The Balaban J connectivity index is 0.000000436. The molecule has 0 aliphatic heterocycles. The van der Waals surface area contributed by atoms with E-state index in [4.69, 9.17) is 11.6 Å². The second kappa shape index (κ2) is 12.6. The average Bonchev–Trinajstić information content (AvgIpc) is 2.48. The summed E-state index contributed by atoms with van der Waals surface area (Å²) in [5.74, 6) is -0.0837. The maximum Gasteiger partial charge on any atom is 0.226 e. The molecule has 0 radical (unpaired) electrons. The highest BCUT2D eigenvalue weighted by atomic mass is 35.5. The Morgan fingerprint density at radius 3 is 1.58 bits per heavy atom. The van der Waals surface area contributed by atoms with Crippen LogP contribution in [-0.4, -0.2) is 16.8 Å². The second-order valence-corrected chi connectivity index (χ2v) is 5.52. The van der Waals surface area contributed by atoms with Gasteiger partial charge in [0.2, 0.25) is 5.24 Å². The Labute approximate surface area is 151 Å². The highest BCUT2D eigenvalue weighted by molar-refractivity contribution is 6.92. The molecule has 2 aromatic rings. The molecular weight excluding hydrogens is 343 g/mol. The summed E-state index contributed by atoms with van der Waals surface area (Å²) in [6, 6.07) is 18.9. The zero-order valence-corrected chi connectivity index (χ0v) is 15.9. The van der Waals surface area contributed by atoms with Crippen molar-refractivity contribution >= 4 is 38.3 Å². The van der Waals surface area contributed by atoms with E-state index in [1.807, 2.05) is 60.7 Å². The van der Waals surface area contributed by atoms with Crippen LogP contribution >= 0.6 is 21.5 Å². The lowest BCUT2D eigenvalue weighted by atomic mass is 10.1. The van der Waals surface area contributed by atoms with Crippen LogP contribution in [-0.2, 0) is 27.2 Å². The summed E-state index contributed by atoms with van der Waals surface area (Å²) in [7, 11) is 0. The lowest BCUT2D eigenvalue weighted by Gasteiger charge is -1.97. The van der Waals surface area contributed by atoms with E-state index in [0.717, 1.165) is 11.1 Å². The molecule has 5 heteroatoms. The van der Waals surface area contributed by atoms with Crippen molar-refractivity contribution in [1.82, 2.24) is 0 Å². The van der Waals surface area contributed by atoms with Gasteiger partial charge in [-0.1, -0.05) is 60.7 Å². The van der Waals surface area contributed by atoms with Gasteiger partial charge in [0.25, 0.3) is 0 Å². The van der Waals surface area contributed by atoms with Gasteiger partial charge >= 0.3 is 0 Å². The predicted molar refractivity (Wildman–Crippen MR) is 103 cm³/mol. The van der Waals surface area contributed by atoms with Crippen molar-refractivity contribution in [3.63, 3.8) is 0 Å². The monoisotopic (exact) mass is 364 g/mol. The first-order valence-electron chi connectivity index (χ1n) is 7.24. The normalized spacial score (nSPS) is 9.08. The summed E-state index contributed by atoms with van der Waals surface area (Å²) < 4.78 is 0. The Bertz CT molecular complexity index is 642. The van der Waals surface area contributed by atoms with E-state index < -0.39 is 0 Å². The molecule has 0 spiro atoms. The molecule has 0 aliphatic rings. The molecule has 1 atom stereocenters. The van der Waals surface area contributed by atoms with E-state index in [-0.39, 0.29) is 33.1 Å². The highest BCUT2D eigenvalue weighted by Crippen LogP contribution is 2.02. The summed E-state index contributed by atoms with van der Waals surface area (Å²) in [4.78, 5) is 32.2. The zero-order valence-electron chi connectivity index (χ0n) is 13.7. The Hall–Kier alpha value is -1.83.